The monoisotopic (exact) mass is 374 g/mol. The quantitative estimate of drug-likeness (QED) is 0.853. The number of Topliss-reactive ketones (excluding diaryl/α,β-unsaturated/α-hetero) is 1. The molecule has 0 bridgehead atoms. The number of carbonyl (C=O) groups excluding carboxylic acids is 2. The average molecular weight is 374 g/mol. The van der Waals surface area contributed by atoms with Gasteiger partial charge in [0, 0.05) is 6.42 Å². The molecule has 1 amide bonds. The molecule has 0 saturated carbocycles. The highest BCUT2D eigenvalue weighted by Crippen LogP contribution is 2.38. The highest BCUT2D eigenvalue weighted by Gasteiger charge is 2.34. The van der Waals surface area contributed by atoms with Gasteiger partial charge in [-0.25, -0.2) is 9.67 Å². The van der Waals surface area contributed by atoms with Crippen molar-refractivity contribution in [3.63, 3.8) is 0 Å². The van der Waals surface area contributed by atoms with E-state index in [1.54, 1.807) is 10.9 Å². The van der Waals surface area contributed by atoms with Gasteiger partial charge in [0.1, 0.15) is 0 Å². The number of nitrogens with one attached hydrogen (secondary N) is 2. The summed E-state index contributed by atoms with van der Waals surface area (Å²) < 4.78 is 1.77. The molecule has 0 unspecified atom stereocenters. The van der Waals surface area contributed by atoms with Crippen LogP contribution in [0.25, 0.3) is 0 Å². The number of nitrogens with zero attached hydrogens (tertiary/aromatic N) is 4. The first kappa shape index (κ1) is 17.3. The Hall–Kier alpha value is -2.13. The second-order valence-electron chi connectivity index (χ2n) is 7.75. The first-order chi connectivity index (χ1) is 12.4. The van der Waals surface area contributed by atoms with Crippen molar-refractivity contribution >= 4 is 28.2 Å². The number of thiazole rings is 1. The lowest BCUT2D eigenvalue weighted by Gasteiger charge is -2.26. The van der Waals surface area contributed by atoms with Crippen LogP contribution < -0.4 is 10.6 Å². The summed E-state index contributed by atoms with van der Waals surface area (Å²) in [6, 6.07) is 0.275. The smallest absolute Gasteiger partial charge is 0.279 e. The molecule has 1 aliphatic carbocycles. The molecule has 8 nitrogen and oxygen atoms in total. The van der Waals surface area contributed by atoms with Crippen molar-refractivity contribution < 1.29 is 9.59 Å². The van der Waals surface area contributed by atoms with Gasteiger partial charge in [-0.2, -0.15) is 0 Å². The van der Waals surface area contributed by atoms with E-state index in [0.29, 0.717) is 16.4 Å². The molecule has 1 aliphatic heterocycles. The molecule has 26 heavy (non-hydrogen) atoms. The summed E-state index contributed by atoms with van der Waals surface area (Å²) in [5.74, 6) is -0.242. The van der Waals surface area contributed by atoms with Crippen molar-refractivity contribution in [3.05, 3.63) is 22.5 Å². The van der Waals surface area contributed by atoms with E-state index in [1.165, 1.54) is 11.3 Å². The maximum Gasteiger partial charge on any atom is 0.279 e. The Morgan fingerprint density at radius 3 is 2.88 bits per heavy atom. The molecule has 2 aromatic rings. The summed E-state index contributed by atoms with van der Waals surface area (Å²) in [7, 11) is 0. The van der Waals surface area contributed by atoms with Crippen molar-refractivity contribution in [2.24, 2.45) is 5.41 Å². The number of ketones is 1. The van der Waals surface area contributed by atoms with Crippen LogP contribution in [0.15, 0.2) is 6.20 Å². The number of piperidine rings is 1. The maximum atomic E-state index is 12.5. The van der Waals surface area contributed by atoms with E-state index in [9.17, 15) is 9.59 Å². The predicted molar refractivity (Wildman–Crippen MR) is 97.7 cm³/mol. The summed E-state index contributed by atoms with van der Waals surface area (Å²) in [6.07, 6.45) is 4.89. The maximum absolute atomic E-state index is 12.5. The Kier molecular flexibility index (Phi) is 4.36. The fraction of sp³-hybridized carbons (Fsp3) is 0.588. The third kappa shape index (κ3) is 3.41. The number of rotatable bonds is 3. The molecule has 3 heterocycles. The van der Waals surface area contributed by atoms with Crippen LogP contribution in [-0.4, -0.2) is 44.8 Å². The van der Waals surface area contributed by atoms with Crippen LogP contribution in [-0.2, 0) is 6.42 Å². The molecular weight excluding hydrogens is 352 g/mol. The summed E-state index contributed by atoms with van der Waals surface area (Å²) in [6.45, 7) is 6.01. The van der Waals surface area contributed by atoms with Gasteiger partial charge in [-0.1, -0.05) is 30.4 Å². The fourth-order valence-corrected chi connectivity index (χ4v) is 4.48. The van der Waals surface area contributed by atoms with Crippen molar-refractivity contribution in [1.82, 2.24) is 25.3 Å². The largest absolute Gasteiger partial charge is 0.317 e. The highest BCUT2D eigenvalue weighted by molar-refractivity contribution is 7.17. The molecule has 0 aromatic carbocycles. The van der Waals surface area contributed by atoms with Gasteiger partial charge in [-0.15, -0.1) is 5.10 Å². The first-order valence-corrected chi connectivity index (χ1v) is 9.70. The van der Waals surface area contributed by atoms with Gasteiger partial charge >= 0.3 is 0 Å². The normalized spacial score (nSPS) is 20.0. The number of anilines is 1. The van der Waals surface area contributed by atoms with E-state index >= 15 is 0 Å². The predicted octanol–water partition coefficient (Wildman–Crippen LogP) is 2.07. The topological polar surface area (TPSA) is 102 Å². The summed E-state index contributed by atoms with van der Waals surface area (Å²) in [5, 5.41) is 14.6. The van der Waals surface area contributed by atoms with Crippen LogP contribution in [0.1, 0.15) is 65.0 Å². The minimum absolute atomic E-state index is 0.0863. The van der Waals surface area contributed by atoms with Crippen molar-refractivity contribution in [3.8, 4) is 0 Å². The SMILES string of the molecule is CC1(C)CC(=O)c2sc(NC(=O)c3cn(C4CCNCC4)nn3)nc2C1. The second kappa shape index (κ2) is 6.55. The Bertz CT molecular complexity index is 849. The second-order valence-corrected chi connectivity index (χ2v) is 8.75. The molecule has 2 N–H and O–H groups in total. The van der Waals surface area contributed by atoms with Gasteiger partial charge in [0.15, 0.2) is 16.6 Å². The molecule has 0 spiro atoms. The van der Waals surface area contributed by atoms with E-state index in [2.05, 4.69) is 39.8 Å². The molecule has 138 valence electrons. The standard InChI is InChI=1S/C17H22N6O2S/c1-17(2)7-11-14(13(24)8-17)26-16(19-11)20-15(25)12-9-23(22-21-12)10-3-5-18-6-4-10/h9-10,18H,3-8H2,1-2H3,(H,19,20,25). The zero-order chi connectivity index (χ0) is 18.3. The van der Waals surface area contributed by atoms with Crippen LogP contribution in [0.5, 0.6) is 0 Å². The fourth-order valence-electron chi connectivity index (χ4n) is 3.57. The number of fused-ring (bicyclic) bond motifs is 1. The Morgan fingerprint density at radius 1 is 1.35 bits per heavy atom. The van der Waals surface area contributed by atoms with Crippen LogP contribution in [0.2, 0.25) is 0 Å². The van der Waals surface area contributed by atoms with E-state index in [-0.39, 0.29) is 28.8 Å². The number of hydrogen-bond donors (Lipinski definition) is 2. The summed E-state index contributed by atoms with van der Waals surface area (Å²) in [5.41, 5.74) is 0.963. The van der Waals surface area contributed by atoms with Gasteiger partial charge < -0.3 is 5.32 Å². The summed E-state index contributed by atoms with van der Waals surface area (Å²) >= 11 is 1.25. The van der Waals surface area contributed by atoms with E-state index < -0.39 is 0 Å². The molecule has 0 radical (unpaired) electrons. The Balaban J connectivity index is 1.47. The third-order valence-electron chi connectivity index (χ3n) is 4.88. The Morgan fingerprint density at radius 2 is 2.12 bits per heavy atom. The highest BCUT2D eigenvalue weighted by atomic mass is 32.1. The molecule has 2 aromatic heterocycles. The van der Waals surface area contributed by atoms with Crippen LogP contribution in [0.3, 0.4) is 0 Å². The van der Waals surface area contributed by atoms with Gasteiger partial charge in [0.05, 0.1) is 22.8 Å². The zero-order valence-corrected chi connectivity index (χ0v) is 15.7. The van der Waals surface area contributed by atoms with Gasteiger partial charge in [-0.05, 0) is 37.8 Å². The van der Waals surface area contributed by atoms with E-state index in [4.69, 9.17) is 0 Å². The minimum atomic E-state index is -0.344. The molecular formula is C17H22N6O2S. The third-order valence-corrected chi connectivity index (χ3v) is 5.94. The lowest BCUT2D eigenvalue weighted by molar-refractivity contribution is 0.0915. The van der Waals surface area contributed by atoms with Crippen LogP contribution in [0.4, 0.5) is 5.13 Å². The molecule has 4 rings (SSSR count). The molecule has 1 fully saturated rings. The van der Waals surface area contributed by atoms with Crippen molar-refractivity contribution in [2.75, 3.05) is 18.4 Å². The molecule has 1 saturated heterocycles. The van der Waals surface area contributed by atoms with Gasteiger partial charge in [0.2, 0.25) is 0 Å². The van der Waals surface area contributed by atoms with E-state index in [0.717, 1.165) is 38.0 Å². The lowest BCUT2D eigenvalue weighted by atomic mass is 9.78. The van der Waals surface area contributed by atoms with Crippen molar-refractivity contribution in [2.45, 2.75) is 45.6 Å². The lowest BCUT2D eigenvalue weighted by Crippen LogP contribution is -2.29. The molecule has 9 heteroatoms. The van der Waals surface area contributed by atoms with Gasteiger partial charge in [-0.3, -0.25) is 14.9 Å². The molecule has 0 atom stereocenters. The number of carbonyl (C=O) groups is 2. The number of aromatic nitrogens is 4. The zero-order valence-electron chi connectivity index (χ0n) is 14.9. The van der Waals surface area contributed by atoms with Crippen LogP contribution >= 0.6 is 11.3 Å². The average Bonchev–Trinajstić information content (AvgIpc) is 3.21. The van der Waals surface area contributed by atoms with E-state index in [1.807, 2.05) is 0 Å². The summed E-state index contributed by atoms with van der Waals surface area (Å²) in [4.78, 5) is 29.9. The minimum Gasteiger partial charge on any atom is -0.317 e. The van der Waals surface area contributed by atoms with Crippen LogP contribution in [0, 0.1) is 5.41 Å². The van der Waals surface area contributed by atoms with Gasteiger partial charge in [0.25, 0.3) is 5.91 Å². The van der Waals surface area contributed by atoms with Crippen molar-refractivity contribution in [1.29, 1.82) is 0 Å². The first-order valence-electron chi connectivity index (χ1n) is 8.88. The number of amides is 1. The molecule has 2 aliphatic rings. The number of hydrogen-bond acceptors (Lipinski definition) is 7. The Labute approximate surface area is 155 Å².